The van der Waals surface area contributed by atoms with Crippen LogP contribution in [0, 0.1) is 6.92 Å². The highest BCUT2D eigenvalue weighted by molar-refractivity contribution is 7.88. The van der Waals surface area contributed by atoms with Crippen LogP contribution in [0.1, 0.15) is 53.5 Å². The number of sulfonamides is 1. The summed E-state index contributed by atoms with van der Waals surface area (Å²) in [6.45, 7) is 7.80. The predicted octanol–water partition coefficient (Wildman–Crippen LogP) is 3.50. The Hall–Kier alpha value is -2.97. The topological polar surface area (TPSA) is 93.1 Å². The van der Waals surface area contributed by atoms with Crippen LogP contribution in [0.2, 0.25) is 0 Å². The van der Waals surface area contributed by atoms with Crippen molar-refractivity contribution in [2.45, 2.75) is 52.5 Å². The Kier molecular flexibility index (Phi) is 7.48. The van der Waals surface area contributed by atoms with E-state index in [1.807, 2.05) is 50.2 Å². The van der Waals surface area contributed by atoms with Crippen LogP contribution in [-0.4, -0.2) is 30.1 Å². The number of rotatable bonds is 9. The first-order chi connectivity index (χ1) is 15.2. The van der Waals surface area contributed by atoms with Gasteiger partial charge in [0.2, 0.25) is 10.0 Å². The van der Waals surface area contributed by atoms with Gasteiger partial charge in [0.25, 0.3) is 5.91 Å². The van der Waals surface area contributed by atoms with E-state index in [1.165, 1.54) is 0 Å². The van der Waals surface area contributed by atoms with Crippen molar-refractivity contribution in [3.8, 4) is 5.69 Å². The fourth-order valence-electron chi connectivity index (χ4n) is 3.56. The Morgan fingerprint density at radius 3 is 2.34 bits per heavy atom. The molecular weight excluding hydrogens is 424 g/mol. The number of carbonyl (C=O) groups is 1. The maximum atomic E-state index is 12.9. The van der Waals surface area contributed by atoms with Gasteiger partial charge in [-0.15, -0.1) is 0 Å². The lowest BCUT2D eigenvalue weighted by atomic mass is 10.1. The van der Waals surface area contributed by atoms with Crippen molar-refractivity contribution in [2.24, 2.45) is 0 Å². The van der Waals surface area contributed by atoms with Crippen LogP contribution >= 0.6 is 0 Å². The Bertz CT molecular complexity index is 1180. The molecule has 0 spiro atoms. The maximum absolute atomic E-state index is 12.9. The highest BCUT2D eigenvalue weighted by Gasteiger charge is 2.19. The number of nitrogens with zero attached hydrogens (tertiary/aromatic N) is 2. The van der Waals surface area contributed by atoms with Crippen molar-refractivity contribution in [1.82, 2.24) is 19.8 Å². The molecule has 170 valence electrons. The largest absolute Gasteiger partial charge is 0.348 e. The molecule has 0 saturated carbocycles. The molecule has 0 aliphatic heterocycles. The van der Waals surface area contributed by atoms with Crippen molar-refractivity contribution in [3.05, 3.63) is 82.7 Å². The molecule has 0 bridgehead atoms. The lowest BCUT2D eigenvalue weighted by Crippen LogP contribution is -2.32. The van der Waals surface area contributed by atoms with Gasteiger partial charge in [-0.05, 0) is 50.5 Å². The molecule has 0 saturated heterocycles. The average molecular weight is 455 g/mol. The molecule has 1 amide bonds. The van der Waals surface area contributed by atoms with Crippen LogP contribution in [0.4, 0.5) is 0 Å². The monoisotopic (exact) mass is 454 g/mol. The van der Waals surface area contributed by atoms with Crippen molar-refractivity contribution in [1.29, 1.82) is 0 Å². The number of benzene rings is 2. The molecule has 0 aliphatic rings. The van der Waals surface area contributed by atoms with Gasteiger partial charge in [-0.2, -0.15) is 5.10 Å². The summed E-state index contributed by atoms with van der Waals surface area (Å²) < 4.78 is 29.1. The first-order valence-corrected chi connectivity index (χ1v) is 12.3. The highest BCUT2D eigenvalue weighted by Crippen LogP contribution is 2.17. The third-order valence-corrected chi connectivity index (χ3v) is 6.57. The molecule has 2 N–H and O–H groups in total. The van der Waals surface area contributed by atoms with Gasteiger partial charge in [-0.25, -0.2) is 17.8 Å². The van der Waals surface area contributed by atoms with E-state index >= 15 is 0 Å². The van der Waals surface area contributed by atoms with Crippen LogP contribution < -0.4 is 10.0 Å². The van der Waals surface area contributed by atoms with E-state index in [2.05, 4.69) is 15.1 Å². The van der Waals surface area contributed by atoms with Crippen LogP contribution in [-0.2, 0) is 28.7 Å². The Morgan fingerprint density at radius 1 is 1.06 bits per heavy atom. The molecule has 0 aliphatic carbocycles. The molecule has 0 unspecified atom stereocenters. The van der Waals surface area contributed by atoms with Crippen LogP contribution in [0.5, 0.6) is 0 Å². The lowest BCUT2D eigenvalue weighted by Gasteiger charge is -2.13. The summed E-state index contributed by atoms with van der Waals surface area (Å²) in [7, 11) is -3.46. The Labute approximate surface area is 189 Å². The number of hydrogen-bond donors (Lipinski definition) is 2. The molecular formula is C24H30N4O3S. The number of hydrogen-bond acceptors (Lipinski definition) is 4. The van der Waals surface area contributed by atoms with Crippen LogP contribution in [0.15, 0.2) is 54.7 Å². The van der Waals surface area contributed by atoms with Crippen molar-refractivity contribution in [3.63, 3.8) is 0 Å². The molecule has 1 heterocycles. The number of carbonyl (C=O) groups excluding carboxylic acids is 1. The second-order valence-corrected chi connectivity index (χ2v) is 9.84. The molecule has 1 aromatic heterocycles. The van der Waals surface area contributed by atoms with Crippen LogP contribution in [0.25, 0.3) is 5.69 Å². The van der Waals surface area contributed by atoms with E-state index in [4.69, 9.17) is 0 Å². The third kappa shape index (κ3) is 5.83. The van der Waals surface area contributed by atoms with Gasteiger partial charge >= 0.3 is 0 Å². The molecule has 0 atom stereocenters. The summed E-state index contributed by atoms with van der Waals surface area (Å²) in [5.41, 5.74) is 4.81. The number of nitrogens with one attached hydrogen (secondary N) is 2. The van der Waals surface area contributed by atoms with Gasteiger partial charge < -0.3 is 5.32 Å². The molecule has 3 rings (SSSR count). The fraction of sp³-hybridized carbons (Fsp3) is 0.333. The Morgan fingerprint density at radius 2 is 1.72 bits per heavy atom. The minimum atomic E-state index is -3.46. The van der Waals surface area contributed by atoms with Gasteiger partial charge in [0.05, 0.1) is 28.9 Å². The first kappa shape index (κ1) is 23.7. The molecule has 2 aromatic carbocycles. The Balaban J connectivity index is 1.76. The molecule has 7 nitrogen and oxygen atoms in total. The summed E-state index contributed by atoms with van der Waals surface area (Å²) >= 11 is 0. The standard InChI is InChI=1S/C24H30N4O3S/c1-5-23-22(15-26-28(23)21-12-10-18(4)11-13-21)24(29)25-14-19-8-6-7-9-20(19)16-32(30,31)27-17(2)3/h6-13,15,17,27H,5,14,16H2,1-4H3,(H,25,29). The summed E-state index contributed by atoms with van der Waals surface area (Å²) in [5.74, 6) is -0.374. The smallest absolute Gasteiger partial charge is 0.255 e. The summed E-state index contributed by atoms with van der Waals surface area (Å²) in [4.78, 5) is 12.9. The van der Waals surface area contributed by atoms with Gasteiger partial charge in [-0.3, -0.25) is 4.79 Å². The first-order valence-electron chi connectivity index (χ1n) is 10.7. The van der Waals surface area contributed by atoms with E-state index in [0.717, 1.165) is 22.5 Å². The predicted molar refractivity (Wildman–Crippen MR) is 126 cm³/mol. The van der Waals surface area contributed by atoms with Gasteiger partial charge in [0, 0.05) is 12.6 Å². The lowest BCUT2D eigenvalue weighted by molar-refractivity contribution is 0.0950. The zero-order valence-corrected chi connectivity index (χ0v) is 19.7. The van der Waals surface area contributed by atoms with Crippen molar-refractivity contribution < 1.29 is 13.2 Å². The van der Waals surface area contributed by atoms with Gasteiger partial charge in [0.15, 0.2) is 0 Å². The minimum Gasteiger partial charge on any atom is -0.348 e. The molecule has 0 fully saturated rings. The third-order valence-electron chi connectivity index (χ3n) is 5.05. The van der Waals surface area contributed by atoms with E-state index in [1.54, 1.807) is 36.9 Å². The number of aromatic nitrogens is 2. The maximum Gasteiger partial charge on any atom is 0.255 e. The average Bonchev–Trinajstić information content (AvgIpc) is 3.16. The van der Waals surface area contributed by atoms with Gasteiger partial charge in [-0.1, -0.05) is 48.9 Å². The molecule has 32 heavy (non-hydrogen) atoms. The summed E-state index contributed by atoms with van der Waals surface area (Å²) in [5, 5.41) is 7.35. The quantitative estimate of drug-likeness (QED) is 0.518. The van der Waals surface area contributed by atoms with E-state index < -0.39 is 10.0 Å². The van der Waals surface area contributed by atoms with Gasteiger partial charge in [0.1, 0.15) is 0 Å². The summed E-state index contributed by atoms with van der Waals surface area (Å²) in [6.07, 6.45) is 2.23. The SMILES string of the molecule is CCc1c(C(=O)NCc2ccccc2CS(=O)(=O)NC(C)C)cnn1-c1ccc(C)cc1. The normalized spacial score (nSPS) is 11.7. The second kappa shape index (κ2) is 10.1. The molecule has 8 heteroatoms. The highest BCUT2D eigenvalue weighted by atomic mass is 32.2. The number of aryl methyl sites for hydroxylation is 1. The van der Waals surface area contributed by atoms with Crippen LogP contribution in [0.3, 0.4) is 0 Å². The zero-order chi connectivity index (χ0) is 23.3. The van der Waals surface area contributed by atoms with Crippen molar-refractivity contribution >= 4 is 15.9 Å². The zero-order valence-electron chi connectivity index (χ0n) is 18.9. The van der Waals surface area contributed by atoms with E-state index in [-0.39, 0.29) is 24.2 Å². The fourth-order valence-corrected chi connectivity index (χ4v) is 5.05. The van der Waals surface area contributed by atoms with Crippen molar-refractivity contribution in [2.75, 3.05) is 0 Å². The molecule has 3 aromatic rings. The van der Waals surface area contributed by atoms with E-state index in [0.29, 0.717) is 17.5 Å². The van der Waals surface area contributed by atoms with E-state index in [9.17, 15) is 13.2 Å². The number of amides is 1. The summed E-state index contributed by atoms with van der Waals surface area (Å²) in [6, 6.07) is 15.0. The minimum absolute atomic E-state index is 0.136. The molecule has 0 radical (unpaired) electrons. The second-order valence-electron chi connectivity index (χ2n) is 8.09.